The number of benzene rings is 16. The van der Waals surface area contributed by atoms with Crippen molar-refractivity contribution in [1.29, 1.82) is 0 Å². The van der Waals surface area contributed by atoms with Gasteiger partial charge >= 0.3 is 0 Å². The fraction of sp³-hybridized carbons (Fsp3) is 0.0400. The zero-order valence-corrected chi connectivity index (χ0v) is 58.6. The molecule has 6 heteroatoms. The average Bonchev–Trinajstić information content (AvgIpc) is 1.20. The molecule has 0 bridgehead atoms. The number of hydrogen-bond donors (Lipinski definition) is 0. The Labute approximate surface area is 630 Å². The molecule has 0 saturated heterocycles. The van der Waals surface area contributed by atoms with Crippen LogP contribution in [0.25, 0.3) is 111 Å². The Hall–Kier alpha value is -13.4. The van der Waals surface area contributed by atoms with E-state index in [1.807, 2.05) is 30.3 Å². The molecule has 5 nitrogen and oxygen atoms in total. The maximum Gasteiger partial charge on any atom is 0.252 e. The normalized spacial score (nSPS) is 13.5. The molecule has 0 unspecified atom stereocenters. The van der Waals surface area contributed by atoms with Crippen LogP contribution in [-0.2, 0) is 5.41 Å². The second-order valence-electron chi connectivity index (χ2n) is 28.7. The Balaban J connectivity index is 0.937. The molecule has 2 aliphatic heterocycles. The minimum Gasteiger partial charge on any atom is -0.311 e. The molecule has 106 heavy (non-hydrogen) atoms. The molecular weight excluding hydrogens is 1280 g/mol. The van der Waals surface area contributed by atoms with E-state index in [9.17, 15) is 11.0 Å². The van der Waals surface area contributed by atoms with Crippen molar-refractivity contribution in [3.63, 3.8) is 0 Å². The van der Waals surface area contributed by atoms with Gasteiger partial charge in [-0.2, -0.15) is 0 Å². The van der Waals surface area contributed by atoms with Crippen LogP contribution < -0.4 is 31.1 Å². The van der Waals surface area contributed by atoms with Crippen molar-refractivity contribution < 1.29 is 11.0 Å². The molecule has 18 aromatic rings. The summed E-state index contributed by atoms with van der Waals surface area (Å²) in [4.78, 5) is 7.06. The van der Waals surface area contributed by atoms with Gasteiger partial charge in [0, 0.05) is 78.4 Å². The van der Waals surface area contributed by atoms with Gasteiger partial charge in [-0.1, -0.05) is 275 Å². The van der Waals surface area contributed by atoms with Gasteiger partial charge in [0.2, 0.25) is 0 Å². The molecule has 2 aromatic heterocycles. The molecule has 0 spiro atoms. The largest absolute Gasteiger partial charge is 0.311 e. The highest BCUT2D eigenvalue weighted by molar-refractivity contribution is 7.00. The molecule has 2 aliphatic rings. The lowest BCUT2D eigenvalue weighted by Crippen LogP contribution is -2.61. The SMILES string of the molecule is [2H]c1c([2H])c([2H])c2c(c1[2H])c1c([2H])c([2H])c([2H])c([2H])c1n2-c1cc2c3c(c1)N(c1cc(-c4ccccc4)cc(-c4ccccc4)c1)c1cc(N(c4ccccc4)c4ccc(-n5c6ccccc6c6ccccc65)cc4)ccc1B3c1ccc(-c3cccc(C(C)(C)C)c3)cc1N2c1cc(-c2ccccc2)cc(-c2ccccc2)c1. The van der Waals surface area contributed by atoms with Crippen LogP contribution in [0.1, 0.15) is 37.3 Å². The highest BCUT2D eigenvalue weighted by atomic mass is 15.2. The summed E-state index contributed by atoms with van der Waals surface area (Å²) in [7, 11) is 0. The Morgan fingerprint density at radius 1 is 0.274 bits per heavy atom. The Bertz CT molecular complexity index is 6700. The standard InChI is InChI=1S/C100H72BN5/c1-100(2,3)77-37-27-36-71(58-77)72-48-54-89-95(63-72)105(82-59-73(67-28-9-4-10-29-67)56-74(60-82)68-30-11-5-12-31-68)97-65-84(104-93-46-25-21-42-87(93)88-43-22-26-47-94(88)104)66-98-99(97)101(89)90-55-53-81(64-96(90)106(98)83-61-75(69-32-13-6-14-33-69)57-76(62-83)70-34-15-7-16-35-70)102(78-38-17-8-18-39-78)79-49-51-80(52-50-79)103-91-44-23-19-40-85(91)86-41-20-24-45-92(86)103/h4-66H,1-3H3/i21D,22D,25D,26D,42D,43D,46D,47D. The van der Waals surface area contributed by atoms with Crippen molar-refractivity contribution in [3.05, 3.63) is 388 Å². The van der Waals surface area contributed by atoms with Crippen molar-refractivity contribution in [2.24, 2.45) is 0 Å². The number of rotatable bonds is 12. The summed E-state index contributed by atoms with van der Waals surface area (Å²) < 4.78 is 81.3. The van der Waals surface area contributed by atoms with Gasteiger partial charge in [0.15, 0.2) is 0 Å². The fourth-order valence-electron chi connectivity index (χ4n) is 16.5. The summed E-state index contributed by atoms with van der Waals surface area (Å²) in [5, 5.41) is 2.33. The van der Waals surface area contributed by atoms with Crippen molar-refractivity contribution in [2.45, 2.75) is 26.2 Å². The fourth-order valence-corrected chi connectivity index (χ4v) is 16.5. The molecule has 0 radical (unpaired) electrons. The van der Waals surface area contributed by atoms with Gasteiger partial charge in [0.05, 0.1) is 38.7 Å². The van der Waals surface area contributed by atoms with Crippen molar-refractivity contribution in [3.8, 4) is 67.0 Å². The van der Waals surface area contributed by atoms with Gasteiger partial charge < -0.3 is 23.8 Å². The molecule has 4 heterocycles. The minimum absolute atomic E-state index is 0.0121. The van der Waals surface area contributed by atoms with Crippen LogP contribution in [-0.4, -0.2) is 15.8 Å². The monoisotopic (exact) mass is 1360 g/mol. The molecule has 16 aromatic carbocycles. The van der Waals surface area contributed by atoms with Gasteiger partial charge in [-0.05, 0) is 210 Å². The second-order valence-corrected chi connectivity index (χ2v) is 28.7. The lowest BCUT2D eigenvalue weighted by molar-refractivity contribution is 0.590. The van der Waals surface area contributed by atoms with E-state index in [2.05, 4.69) is 343 Å². The van der Waals surface area contributed by atoms with Crippen LogP contribution in [0.5, 0.6) is 0 Å². The first-order valence-corrected chi connectivity index (χ1v) is 36.2. The lowest BCUT2D eigenvalue weighted by Gasteiger charge is -2.45. The van der Waals surface area contributed by atoms with Crippen LogP contribution in [0.2, 0.25) is 0 Å². The van der Waals surface area contributed by atoms with E-state index in [-0.39, 0.29) is 27.2 Å². The Morgan fingerprint density at radius 2 is 0.679 bits per heavy atom. The number of nitrogens with zero attached hydrogens (tertiary/aromatic N) is 5. The Morgan fingerprint density at radius 3 is 1.18 bits per heavy atom. The number of aromatic nitrogens is 2. The molecule has 0 amide bonds. The van der Waals surface area contributed by atoms with Gasteiger partial charge in [0.1, 0.15) is 0 Å². The quantitative estimate of drug-likeness (QED) is 0.114. The third-order valence-corrected chi connectivity index (χ3v) is 21.4. The summed E-state index contributed by atoms with van der Waals surface area (Å²) in [6.07, 6.45) is 0. The van der Waals surface area contributed by atoms with E-state index in [1.54, 1.807) is 4.57 Å². The molecule has 0 N–H and O–H groups in total. The smallest absolute Gasteiger partial charge is 0.252 e. The number of hydrogen-bond acceptors (Lipinski definition) is 3. The van der Waals surface area contributed by atoms with Gasteiger partial charge in [-0.25, -0.2) is 0 Å². The highest BCUT2D eigenvalue weighted by Crippen LogP contribution is 2.51. The van der Waals surface area contributed by atoms with Crippen molar-refractivity contribution >= 4 is 118 Å². The minimum atomic E-state index is -0.517. The average molecular weight is 1360 g/mol. The van der Waals surface area contributed by atoms with Crippen LogP contribution in [0.3, 0.4) is 0 Å². The molecule has 0 saturated carbocycles. The maximum atomic E-state index is 10.1. The van der Waals surface area contributed by atoms with Crippen LogP contribution >= 0.6 is 0 Å². The van der Waals surface area contributed by atoms with E-state index < -0.39 is 55.1 Å². The Kier molecular flexibility index (Phi) is 12.9. The zero-order valence-electron chi connectivity index (χ0n) is 66.6. The predicted octanol–water partition coefficient (Wildman–Crippen LogP) is 25.1. The van der Waals surface area contributed by atoms with Crippen molar-refractivity contribution in [1.82, 2.24) is 9.13 Å². The van der Waals surface area contributed by atoms with Gasteiger partial charge in [0.25, 0.3) is 6.71 Å². The summed E-state index contributed by atoms with van der Waals surface area (Å²) in [5.41, 5.74) is 25.1. The summed E-state index contributed by atoms with van der Waals surface area (Å²) in [6, 6.07) is 115. The molecule has 0 aliphatic carbocycles. The van der Waals surface area contributed by atoms with Gasteiger partial charge in [-0.15, -0.1) is 0 Å². The number of para-hydroxylation sites is 5. The van der Waals surface area contributed by atoms with Gasteiger partial charge in [-0.3, -0.25) is 0 Å². The van der Waals surface area contributed by atoms with E-state index in [4.69, 9.17) is 0 Å². The predicted molar refractivity (Wildman–Crippen MR) is 450 cm³/mol. The van der Waals surface area contributed by atoms with E-state index in [0.29, 0.717) is 5.69 Å². The van der Waals surface area contributed by atoms with Crippen LogP contribution in [0.15, 0.2) is 382 Å². The van der Waals surface area contributed by atoms with Crippen LogP contribution in [0, 0.1) is 0 Å². The molecular formula is C100H72BN5. The lowest BCUT2D eigenvalue weighted by atomic mass is 9.33. The van der Waals surface area contributed by atoms with Crippen LogP contribution in [0.4, 0.5) is 51.2 Å². The summed E-state index contributed by atoms with van der Waals surface area (Å²) in [5.74, 6) is 0. The second kappa shape index (κ2) is 25.2. The van der Waals surface area contributed by atoms with E-state index in [0.717, 1.165) is 140 Å². The maximum absolute atomic E-state index is 10.1. The number of fused-ring (bicyclic) bond motifs is 10. The first kappa shape index (κ1) is 54.3. The molecule has 0 atom stereocenters. The highest BCUT2D eigenvalue weighted by Gasteiger charge is 2.45. The molecule has 20 rings (SSSR count). The summed E-state index contributed by atoms with van der Waals surface area (Å²) >= 11 is 0. The first-order valence-electron chi connectivity index (χ1n) is 40.2. The first-order chi connectivity index (χ1) is 55.5. The van der Waals surface area contributed by atoms with E-state index in [1.165, 1.54) is 16.3 Å². The van der Waals surface area contributed by atoms with Crippen molar-refractivity contribution in [2.75, 3.05) is 14.7 Å². The van der Waals surface area contributed by atoms with E-state index >= 15 is 0 Å². The summed E-state index contributed by atoms with van der Waals surface area (Å²) in [6.45, 7) is 6.21. The third-order valence-electron chi connectivity index (χ3n) is 21.4. The number of anilines is 9. The third kappa shape index (κ3) is 10.5. The molecule has 500 valence electrons. The zero-order chi connectivity index (χ0) is 77.5. The topological polar surface area (TPSA) is 19.6 Å². The molecule has 0 fully saturated rings.